The molecule has 0 radical (unpaired) electrons. The van der Waals surface area contributed by atoms with Gasteiger partial charge in [-0.2, -0.15) is 0 Å². The van der Waals surface area contributed by atoms with Crippen molar-refractivity contribution in [2.24, 2.45) is 0 Å². The number of hydrogen-bond acceptors (Lipinski definition) is 2. The lowest BCUT2D eigenvalue weighted by Crippen LogP contribution is -2.30. The summed E-state index contributed by atoms with van der Waals surface area (Å²) < 4.78 is 18.9. The van der Waals surface area contributed by atoms with E-state index in [9.17, 15) is 9.18 Å². The lowest BCUT2D eigenvalue weighted by atomic mass is 10.2. The van der Waals surface area contributed by atoms with Crippen LogP contribution in [0.2, 0.25) is 10.0 Å². The summed E-state index contributed by atoms with van der Waals surface area (Å²) in [6, 6.07) is 9.20. The summed E-state index contributed by atoms with van der Waals surface area (Å²) in [5.41, 5.74) is 0.876. The van der Waals surface area contributed by atoms with Crippen LogP contribution in [0.3, 0.4) is 0 Å². The summed E-state index contributed by atoms with van der Waals surface area (Å²) in [5.74, 6) is -0.440. The van der Waals surface area contributed by atoms with Crippen LogP contribution in [0.4, 0.5) is 10.1 Å². The van der Waals surface area contributed by atoms with E-state index in [4.69, 9.17) is 27.9 Å². The zero-order chi connectivity index (χ0) is 16.3. The fraction of sp³-hybridized carbons (Fsp3) is 0.188. The van der Waals surface area contributed by atoms with Crippen molar-refractivity contribution in [1.82, 2.24) is 0 Å². The average molecular weight is 342 g/mol. The van der Waals surface area contributed by atoms with Crippen LogP contribution in [0.1, 0.15) is 12.5 Å². The van der Waals surface area contributed by atoms with Gasteiger partial charge in [0.05, 0.1) is 5.02 Å². The van der Waals surface area contributed by atoms with E-state index in [1.807, 2.05) is 0 Å². The first-order valence-corrected chi connectivity index (χ1v) is 7.31. The molecule has 0 heterocycles. The van der Waals surface area contributed by atoms with Gasteiger partial charge >= 0.3 is 0 Å². The number of ether oxygens (including phenoxy) is 1. The molecule has 0 bridgehead atoms. The summed E-state index contributed by atoms with van der Waals surface area (Å²) in [4.78, 5) is 12.1. The highest BCUT2D eigenvalue weighted by Gasteiger charge is 2.17. The summed E-state index contributed by atoms with van der Waals surface area (Å²) in [7, 11) is 0. The maximum absolute atomic E-state index is 13.5. The Hall–Kier alpha value is -1.78. The predicted octanol–water partition coefficient (Wildman–Crippen LogP) is 4.85. The Labute approximate surface area is 138 Å². The number of halogens is 3. The van der Waals surface area contributed by atoms with Crippen LogP contribution in [0.15, 0.2) is 36.4 Å². The van der Waals surface area contributed by atoms with Crippen molar-refractivity contribution in [3.05, 3.63) is 57.8 Å². The smallest absolute Gasteiger partial charge is 0.265 e. The van der Waals surface area contributed by atoms with Gasteiger partial charge in [0.15, 0.2) is 6.10 Å². The van der Waals surface area contributed by atoms with Crippen molar-refractivity contribution >= 4 is 34.8 Å². The first-order chi connectivity index (χ1) is 10.4. The molecule has 0 unspecified atom stereocenters. The normalized spacial score (nSPS) is 11.9. The molecule has 116 valence electrons. The standard InChI is InChI=1S/C16H14Cl2FNO2/c1-9-3-5-12(8-14(9)19)20-16(21)10(2)22-15-6-4-11(17)7-13(15)18/h3-8,10H,1-2H3,(H,20,21)/t10-/m1/s1. The number of rotatable bonds is 4. The highest BCUT2D eigenvalue weighted by molar-refractivity contribution is 6.35. The van der Waals surface area contributed by atoms with E-state index in [0.717, 1.165) is 0 Å². The minimum atomic E-state index is -0.803. The quantitative estimate of drug-likeness (QED) is 0.863. The lowest BCUT2D eigenvalue weighted by Gasteiger charge is -2.16. The molecule has 2 rings (SSSR count). The fourth-order valence-corrected chi connectivity index (χ4v) is 2.18. The van der Waals surface area contributed by atoms with Crippen molar-refractivity contribution in [3.63, 3.8) is 0 Å². The highest BCUT2D eigenvalue weighted by atomic mass is 35.5. The molecular weight excluding hydrogens is 328 g/mol. The van der Waals surface area contributed by atoms with E-state index in [2.05, 4.69) is 5.32 Å². The SMILES string of the molecule is Cc1ccc(NC(=O)[C@@H](C)Oc2ccc(Cl)cc2Cl)cc1F. The molecule has 0 aromatic heterocycles. The van der Waals surface area contributed by atoms with E-state index >= 15 is 0 Å². The number of carbonyl (C=O) groups is 1. The maximum Gasteiger partial charge on any atom is 0.265 e. The number of hydrogen-bond donors (Lipinski definition) is 1. The van der Waals surface area contributed by atoms with Gasteiger partial charge in [0.25, 0.3) is 5.91 Å². The molecule has 2 aromatic carbocycles. The van der Waals surface area contributed by atoms with Gasteiger partial charge in [0.1, 0.15) is 11.6 Å². The molecule has 0 spiro atoms. The molecule has 0 aliphatic carbocycles. The first kappa shape index (κ1) is 16.6. The monoisotopic (exact) mass is 341 g/mol. The number of benzene rings is 2. The Kier molecular flexibility index (Phi) is 5.27. The second-order valence-corrected chi connectivity index (χ2v) is 5.63. The molecule has 0 aliphatic rings. The second kappa shape index (κ2) is 6.99. The van der Waals surface area contributed by atoms with Gasteiger partial charge in [-0.1, -0.05) is 29.3 Å². The van der Waals surface area contributed by atoms with Crippen LogP contribution >= 0.6 is 23.2 Å². The van der Waals surface area contributed by atoms with Gasteiger partial charge in [-0.3, -0.25) is 4.79 Å². The van der Waals surface area contributed by atoms with Crippen LogP contribution in [0, 0.1) is 12.7 Å². The van der Waals surface area contributed by atoms with Crippen molar-refractivity contribution < 1.29 is 13.9 Å². The third-order valence-electron chi connectivity index (χ3n) is 3.01. The molecule has 6 heteroatoms. The molecular formula is C16H14Cl2FNO2. The van der Waals surface area contributed by atoms with Gasteiger partial charge < -0.3 is 10.1 Å². The molecule has 3 nitrogen and oxygen atoms in total. The van der Waals surface area contributed by atoms with Crippen LogP contribution in [-0.2, 0) is 4.79 Å². The molecule has 0 saturated heterocycles. The predicted molar refractivity (Wildman–Crippen MR) is 86.3 cm³/mol. The number of nitrogens with one attached hydrogen (secondary N) is 1. The summed E-state index contributed by atoms with van der Waals surface area (Å²) in [6.45, 7) is 3.22. The van der Waals surface area contributed by atoms with Gasteiger partial charge in [-0.25, -0.2) is 4.39 Å². The van der Waals surface area contributed by atoms with E-state index in [-0.39, 0.29) is 5.82 Å². The Morgan fingerprint density at radius 1 is 1.23 bits per heavy atom. The summed E-state index contributed by atoms with van der Waals surface area (Å²) in [5, 5.41) is 3.38. The lowest BCUT2D eigenvalue weighted by molar-refractivity contribution is -0.122. The van der Waals surface area contributed by atoms with Crippen LogP contribution in [-0.4, -0.2) is 12.0 Å². The third kappa shape index (κ3) is 4.12. The molecule has 1 N–H and O–H groups in total. The van der Waals surface area contributed by atoms with Crippen LogP contribution < -0.4 is 10.1 Å². The topological polar surface area (TPSA) is 38.3 Å². The van der Waals surface area contributed by atoms with Crippen molar-refractivity contribution in [2.75, 3.05) is 5.32 Å². The minimum Gasteiger partial charge on any atom is -0.479 e. The van der Waals surface area contributed by atoms with Crippen LogP contribution in [0.5, 0.6) is 5.75 Å². The number of aryl methyl sites for hydroxylation is 1. The number of carbonyl (C=O) groups excluding carboxylic acids is 1. The van der Waals surface area contributed by atoms with Crippen molar-refractivity contribution in [2.45, 2.75) is 20.0 Å². The Morgan fingerprint density at radius 3 is 2.59 bits per heavy atom. The first-order valence-electron chi connectivity index (χ1n) is 6.55. The third-order valence-corrected chi connectivity index (χ3v) is 3.54. The Morgan fingerprint density at radius 2 is 1.95 bits per heavy atom. The van der Waals surface area contributed by atoms with Crippen molar-refractivity contribution in [1.29, 1.82) is 0 Å². The molecule has 1 atom stereocenters. The molecule has 0 saturated carbocycles. The zero-order valence-electron chi connectivity index (χ0n) is 12.0. The molecule has 22 heavy (non-hydrogen) atoms. The highest BCUT2D eigenvalue weighted by Crippen LogP contribution is 2.28. The summed E-state index contributed by atoms with van der Waals surface area (Å²) >= 11 is 11.8. The van der Waals surface area contributed by atoms with E-state index in [0.29, 0.717) is 27.0 Å². The maximum atomic E-state index is 13.5. The molecule has 0 fully saturated rings. The molecule has 0 aliphatic heterocycles. The van der Waals surface area contributed by atoms with Crippen LogP contribution in [0.25, 0.3) is 0 Å². The van der Waals surface area contributed by atoms with Crippen molar-refractivity contribution in [3.8, 4) is 5.75 Å². The second-order valence-electron chi connectivity index (χ2n) is 4.79. The van der Waals surface area contributed by atoms with Gasteiger partial charge in [-0.15, -0.1) is 0 Å². The van der Waals surface area contributed by atoms with E-state index in [1.165, 1.54) is 12.1 Å². The fourth-order valence-electron chi connectivity index (χ4n) is 1.73. The number of anilines is 1. The molecule has 1 amide bonds. The Balaban J connectivity index is 2.04. The molecule has 2 aromatic rings. The van der Waals surface area contributed by atoms with Gasteiger partial charge in [0, 0.05) is 10.7 Å². The summed E-state index contributed by atoms with van der Waals surface area (Å²) in [6.07, 6.45) is -0.803. The minimum absolute atomic E-state index is 0.313. The van der Waals surface area contributed by atoms with E-state index < -0.39 is 12.0 Å². The Bertz CT molecular complexity index is 707. The zero-order valence-corrected chi connectivity index (χ0v) is 13.5. The average Bonchev–Trinajstić information content (AvgIpc) is 2.45. The number of amides is 1. The van der Waals surface area contributed by atoms with E-state index in [1.54, 1.807) is 38.1 Å². The largest absolute Gasteiger partial charge is 0.479 e. The van der Waals surface area contributed by atoms with Gasteiger partial charge in [-0.05, 0) is 49.7 Å². The van der Waals surface area contributed by atoms with Gasteiger partial charge in [0.2, 0.25) is 0 Å².